The van der Waals surface area contributed by atoms with Crippen LogP contribution in [-0.2, 0) is 6.54 Å². The second kappa shape index (κ2) is 7.21. The Bertz CT molecular complexity index is 490. The van der Waals surface area contributed by atoms with Crippen molar-refractivity contribution in [1.82, 2.24) is 10.3 Å². The molecule has 19 heavy (non-hydrogen) atoms. The average molecular weight is 280 g/mol. The van der Waals surface area contributed by atoms with Crippen LogP contribution in [-0.4, -0.2) is 17.6 Å². The number of nitrogens with one attached hydrogen (secondary N) is 1. The van der Waals surface area contributed by atoms with E-state index >= 15 is 0 Å². The minimum absolute atomic E-state index is 0.0282. The predicted molar refractivity (Wildman–Crippen MR) is 74.9 cm³/mol. The van der Waals surface area contributed by atoms with Crippen LogP contribution in [0.5, 0.6) is 5.75 Å². The maximum atomic E-state index is 13.1. The molecular weight excluding hydrogens is 263 g/mol. The lowest BCUT2D eigenvalue weighted by atomic mass is 10.2. The maximum Gasteiger partial charge on any atom is 0.126 e. The summed E-state index contributed by atoms with van der Waals surface area (Å²) in [6.45, 7) is 3.49. The van der Waals surface area contributed by atoms with E-state index in [1.54, 1.807) is 23.5 Å². The van der Waals surface area contributed by atoms with E-state index in [-0.39, 0.29) is 11.9 Å². The molecule has 1 N–H and O–H groups in total. The molecular formula is C14H17FN2OS. The summed E-state index contributed by atoms with van der Waals surface area (Å²) in [6.07, 6.45) is 0.890. The lowest BCUT2D eigenvalue weighted by Gasteiger charge is -2.18. The molecule has 0 aliphatic heterocycles. The number of hydrogen-bond acceptors (Lipinski definition) is 4. The first-order valence-electron chi connectivity index (χ1n) is 6.28. The third kappa shape index (κ3) is 4.61. The molecule has 0 unspecified atom stereocenters. The zero-order valence-electron chi connectivity index (χ0n) is 10.8. The molecule has 0 radical (unpaired) electrons. The normalized spacial score (nSPS) is 12.3. The highest BCUT2D eigenvalue weighted by Crippen LogP contribution is 2.14. The number of hydrogen-bond donors (Lipinski definition) is 1. The Kier molecular flexibility index (Phi) is 5.30. The molecule has 0 aliphatic carbocycles. The van der Waals surface area contributed by atoms with Gasteiger partial charge in [-0.05, 0) is 18.6 Å². The fourth-order valence-electron chi connectivity index (χ4n) is 1.69. The van der Waals surface area contributed by atoms with E-state index in [1.165, 1.54) is 12.1 Å². The van der Waals surface area contributed by atoms with Gasteiger partial charge < -0.3 is 10.1 Å². The van der Waals surface area contributed by atoms with Gasteiger partial charge in [-0.25, -0.2) is 9.37 Å². The largest absolute Gasteiger partial charge is 0.489 e. The van der Waals surface area contributed by atoms with Crippen LogP contribution in [0, 0.1) is 5.82 Å². The van der Waals surface area contributed by atoms with Crippen LogP contribution in [0.4, 0.5) is 4.39 Å². The number of rotatable bonds is 7. The predicted octanol–water partition coefficient (Wildman–Crippen LogP) is 3.23. The van der Waals surface area contributed by atoms with E-state index in [1.807, 2.05) is 10.9 Å². The molecule has 1 aromatic carbocycles. The quantitative estimate of drug-likeness (QED) is 0.845. The van der Waals surface area contributed by atoms with Gasteiger partial charge in [-0.3, -0.25) is 0 Å². The highest BCUT2D eigenvalue weighted by Gasteiger charge is 2.08. The fourth-order valence-corrected chi connectivity index (χ4v) is 2.25. The summed E-state index contributed by atoms with van der Waals surface area (Å²) in [5, 5.41) is 5.31. The van der Waals surface area contributed by atoms with Crippen molar-refractivity contribution < 1.29 is 9.13 Å². The first-order valence-corrected chi connectivity index (χ1v) is 7.22. The Labute approximate surface area is 116 Å². The Hall–Kier alpha value is -1.46. The van der Waals surface area contributed by atoms with Gasteiger partial charge in [-0.2, -0.15) is 0 Å². The summed E-state index contributed by atoms with van der Waals surface area (Å²) >= 11 is 1.58. The molecule has 1 atom stereocenters. The number of aromatic nitrogens is 1. The van der Waals surface area contributed by atoms with Crippen LogP contribution >= 0.6 is 11.3 Å². The van der Waals surface area contributed by atoms with Gasteiger partial charge in [0.2, 0.25) is 0 Å². The Morgan fingerprint density at radius 1 is 1.47 bits per heavy atom. The number of halogens is 1. The van der Waals surface area contributed by atoms with Crippen molar-refractivity contribution in [2.75, 3.05) is 6.54 Å². The zero-order chi connectivity index (χ0) is 13.5. The number of thiazole rings is 1. The van der Waals surface area contributed by atoms with E-state index in [2.05, 4.69) is 17.2 Å². The Morgan fingerprint density at radius 2 is 2.37 bits per heavy atom. The van der Waals surface area contributed by atoms with Gasteiger partial charge in [0.05, 0.1) is 11.2 Å². The van der Waals surface area contributed by atoms with Crippen molar-refractivity contribution in [1.29, 1.82) is 0 Å². The first kappa shape index (κ1) is 14.0. The molecule has 0 saturated heterocycles. The summed E-state index contributed by atoms with van der Waals surface area (Å²) in [5.74, 6) is 0.296. The second-order valence-electron chi connectivity index (χ2n) is 4.22. The molecule has 5 heteroatoms. The molecule has 2 rings (SSSR count). The third-order valence-electron chi connectivity index (χ3n) is 2.72. The number of nitrogens with zero attached hydrogens (tertiary/aromatic N) is 1. The van der Waals surface area contributed by atoms with E-state index in [0.29, 0.717) is 12.3 Å². The monoisotopic (exact) mass is 280 g/mol. The molecule has 2 aromatic rings. The molecule has 0 spiro atoms. The van der Waals surface area contributed by atoms with Gasteiger partial charge in [0, 0.05) is 24.5 Å². The number of benzene rings is 1. The third-order valence-corrected chi connectivity index (χ3v) is 3.35. The molecule has 1 heterocycles. The van der Waals surface area contributed by atoms with Crippen molar-refractivity contribution in [2.45, 2.75) is 26.0 Å². The van der Waals surface area contributed by atoms with Gasteiger partial charge >= 0.3 is 0 Å². The lowest BCUT2D eigenvalue weighted by Crippen LogP contribution is -2.30. The van der Waals surface area contributed by atoms with Crippen molar-refractivity contribution in [3.05, 3.63) is 46.7 Å². The van der Waals surface area contributed by atoms with Gasteiger partial charge in [0.15, 0.2) is 0 Å². The minimum Gasteiger partial charge on any atom is -0.489 e. The van der Waals surface area contributed by atoms with Crippen molar-refractivity contribution in [3.63, 3.8) is 0 Å². The zero-order valence-corrected chi connectivity index (χ0v) is 11.6. The van der Waals surface area contributed by atoms with Crippen LogP contribution in [0.15, 0.2) is 35.2 Å². The highest BCUT2D eigenvalue weighted by molar-refractivity contribution is 7.07. The van der Waals surface area contributed by atoms with Crippen molar-refractivity contribution in [3.8, 4) is 5.75 Å². The highest BCUT2D eigenvalue weighted by atomic mass is 32.1. The molecule has 0 aliphatic rings. The molecule has 0 amide bonds. The summed E-state index contributed by atoms with van der Waals surface area (Å²) in [5.41, 5.74) is 2.85. The maximum absolute atomic E-state index is 13.1. The Balaban J connectivity index is 1.80. The summed E-state index contributed by atoms with van der Waals surface area (Å²) in [6, 6.07) is 6.24. The molecule has 1 aromatic heterocycles. The van der Waals surface area contributed by atoms with Crippen LogP contribution < -0.4 is 10.1 Å². The first-order chi connectivity index (χ1) is 9.28. The molecule has 0 fully saturated rings. The molecule has 0 bridgehead atoms. The average Bonchev–Trinajstić information content (AvgIpc) is 2.91. The van der Waals surface area contributed by atoms with Gasteiger partial charge in [-0.1, -0.05) is 13.0 Å². The van der Waals surface area contributed by atoms with Gasteiger partial charge in [0.25, 0.3) is 0 Å². The molecule has 102 valence electrons. The summed E-state index contributed by atoms with van der Waals surface area (Å²) in [4.78, 5) is 4.20. The van der Waals surface area contributed by atoms with Crippen molar-refractivity contribution in [2.24, 2.45) is 0 Å². The Morgan fingerprint density at radius 3 is 3.05 bits per heavy atom. The standard InChI is InChI=1S/C14H17FN2OS/c1-2-13(8-16-7-12-9-19-10-17-12)18-14-5-3-4-11(15)6-14/h3-6,9-10,13,16H,2,7-8H2,1H3/t13-/m0/s1. The van der Waals surface area contributed by atoms with E-state index in [4.69, 9.17) is 4.74 Å². The van der Waals surface area contributed by atoms with Crippen LogP contribution in [0.2, 0.25) is 0 Å². The van der Waals surface area contributed by atoms with E-state index in [9.17, 15) is 4.39 Å². The molecule has 0 saturated carbocycles. The smallest absolute Gasteiger partial charge is 0.126 e. The molecule has 3 nitrogen and oxygen atoms in total. The topological polar surface area (TPSA) is 34.2 Å². The lowest BCUT2D eigenvalue weighted by molar-refractivity contribution is 0.192. The second-order valence-corrected chi connectivity index (χ2v) is 4.93. The van der Waals surface area contributed by atoms with Gasteiger partial charge in [-0.15, -0.1) is 11.3 Å². The summed E-state index contributed by atoms with van der Waals surface area (Å²) < 4.78 is 18.8. The van der Waals surface area contributed by atoms with Crippen LogP contribution in [0.25, 0.3) is 0 Å². The minimum atomic E-state index is -0.275. The van der Waals surface area contributed by atoms with Crippen LogP contribution in [0.3, 0.4) is 0 Å². The fraction of sp³-hybridized carbons (Fsp3) is 0.357. The SMILES string of the molecule is CC[C@@H](CNCc1cscn1)Oc1cccc(F)c1. The van der Waals surface area contributed by atoms with E-state index < -0.39 is 0 Å². The van der Waals surface area contributed by atoms with Gasteiger partial charge in [0.1, 0.15) is 17.7 Å². The summed E-state index contributed by atoms with van der Waals surface area (Å²) in [7, 11) is 0. The number of ether oxygens (including phenoxy) is 1. The van der Waals surface area contributed by atoms with E-state index in [0.717, 1.165) is 18.7 Å². The van der Waals surface area contributed by atoms with Crippen molar-refractivity contribution >= 4 is 11.3 Å². The van der Waals surface area contributed by atoms with Crippen LogP contribution in [0.1, 0.15) is 19.0 Å².